The summed E-state index contributed by atoms with van der Waals surface area (Å²) in [7, 11) is 0. The van der Waals surface area contributed by atoms with Gasteiger partial charge in [-0.25, -0.2) is 0 Å². The highest BCUT2D eigenvalue weighted by atomic mass is 35.5. The van der Waals surface area contributed by atoms with Crippen LogP contribution in [-0.4, -0.2) is 33.9 Å². The van der Waals surface area contributed by atoms with E-state index >= 15 is 0 Å². The number of carbonyl (C=O) groups excluding carboxylic acids is 2. The second-order valence-corrected chi connectivity index (χ2v) is 8.08. The third-order valence-corrected chi connectivity index (χ3v) is 4.91. The summed E-state index contributed by atoms with van der Waals surface area (Å²) in [6.45, 7) is 6.18. The van der Waals surface area contributed by atoms with Crippen LogP contribution in [0.15, 0.2) is 66.9 Å². The summed E-state index contributed by atoms with van der Waals surface area (Å²) >= 11 is 6.27. The van der Waals surface area contributed by atoms with E-state index in [0.717, 1.165) is 11.1 Å². The second-order valence-electron chi connectivity index (χ2n) is 7.67. The molecular formula is C27H29ClN2O4. The van der Waals surface area contributed by atoms with Crippen LogP contribution in [0.4, 0.5) is 0 Å². The Labute approximate surface area is 204 Å². The molecule has 0 spiro atoms. The fourth-order valence-corrected chi connectivity index (χ4v) is 3.27. The van der Waals surface area contributed by atoms with Gasteiger partial charge in [0.05, 0.1) is 5.02 Å². The number of rotatable bonds is 8. The second kappa shape index (κ2) is 13.2. The van der Waals surface area contributed by atoms with Gasteiger partial charge in [0.1, 0.15) is 12.2 Å². The lowest BCUT2D eigenvalue weighted by Gasteiger charge is -2.08. The van der Waals surface area contributed by atoms with Crippen molar-refractivity contribution in [3.8, 4) is 0 Å². The lowest BCUT2D eigenvalue weighted by molar-refractivity contribution is -0.135. The maximum Gasteiger partial charge on any atom is 0.322 e. The molecule has 7 heteroatoms. The molecule has 1 aromatic heterocycles. The van der Waals surface area contributed by atoms with Gasteiger partial charge in [-0.3, -0.25) is 14.4 Å². The molecule has 0 bridgehead atoms. The van der Waals surface area contributed by atoms with Crippen LogP contribution in [0.5, 0.6) is 0 Å². The molecule has 0 fully saturated rings. The number of hydrogen-bond acceptors (Lipinski definition) is 3. The first kappa shape index (κ1) is 26.6. The number of benzene rings is 2. The Balaban J connectivity index is 0.00000129. The van der Waals surface area contributed by atoms with Gasteiger partial charge in [-0.1, -0.05) is 86.0 Å². The topological polar surface area (TPSA) is 88.4 Å². The predicted octanol–water partition coefficient (Wildman–Crippen LogP) is 5.63. The number of amides is 1. The lowest BCUT2D eigenvalue weighted by atomic mass is 10.1. The average Bonchev–Trinajstić information content (AvgIpc) is 3.18. The van der Waals surface area contributed by atoms with Gasteiger partial charge in [0, 0.05) is 23.9 Å². The molecule has 3 rings (SSSR count). The van der Waals surface area contributed by atoms with Crippen LogP contribution in [-0.2, 0) is 11.3 Å². The highest BCUT2D eigenvalue weighted by molar-refractivity contribution is 6.34. The van der Waals surface area contributed by atoms with Crippen molar-refractivity contribution in [2.45, 2.75) is 33.7 Å². The Bertz CT molecular complexity index is 1160. The van der Waals surface area contributed by atoms with E-state index < -0.39 is 18.4 Å². The maximum absolute atomic E-state index is 12.9. The zero-order valence-electron chi connectivity index (χ0n) is 19.5. The summed E-state index contributed by atoms with van der Waals surface area (Å²) < 4.78 is 1.77. The molecule has 0 aliphatic heterocycles. The van der Waals surface area contributed by atoms with E-state index in [4.69, 9.17) is 16.7 Å². The molecule has 1 amide bonds. The predicted molar refractivity (Wildman–Crippen MR) is 135 cm³/mol. The van der Waals surface area contributed by atoms with Gasteiger partial charge in [0.25, 0.3) is 5.91 Å². The number of hydrogen-bond donors (Lipinski definition) is 2. The van der Waals surface area contributed by atoms with Crippen LogP contribution >= 0.6 is 11.6 Å². The number of allylic oxidation sites excluding steroid dienone is 1. The number of nitrogens with one attached hydrogen (secondary N) is 1. The number of aromatic nitrogens is 1. The average molecular weight is 481 g/mol. The Morgan fingerprint density at radius 2 is 1.71 bits per heavy atom. The number of carboxylic acids is 1. The molecule has 3 aromatic rings. The van der Waals surface area contributed by atoms with Crippen LogP contribution in [0.25, 0.3) is 6.08 Å². The monoisotopic (exact) mass is 480 g/mol. The fourth-order valence-electron chi connectivity index (χ4n) is 3.02. The van der Waals surface area contributed by atoms with Crippen LogP contribution in [0.3, 0.4) is 0 Å². The van der Waals surface area contributed by atoms with Gasteiger partial charge >= 0.3 is 5.97 Å². The van der Waals surface area contributed by atoms with Crippen molar-refractivity contribution in [1.82, 2.24) is 9.88 Å². The number of halogens is 1. The van der Waals surface area contributed by atoms with E-state index in [1.807, 2.05) is 37.3 Å². The summed E-state index contributed by atoms with van der Waals surface area (Å²) in [4.78, 5) is 35.5. The lowest BCUT2D eigenvalue weighted by Crippen LogP contribution is -2.29. The zero-order valence-corrected chi connectivity index (χ0v) is 20.3. The van der Waals surface area contributed by atoms with Gasteiger partial charge in [0.15, 0.2) is 0 Å². The Morgan fingerprint density at radius 3 is 2.35 bits per heavy atom. The minimum Gasteiger partial charge on any atom is -0.480 e. The minimum absolute atomic E-state index is 0.152. The van der Waals surface area contributed by atoms with Crippen LogP contribution in [0.1, 0.15) is 57.8 Å². The molecule has 2 N–H and O–H groups in total. The summed E-state index contributed by atoms with van der Waals surface area (Å²) in [5, 5.41) is 11.4. The first-order valence-corrected chi connectivity index (χ1v) is 11.4. The van der Waals surface area contributed by atoms with Gasteiger partial charge in [-0.2, -0.15) is 0 Å². The molecule has 2 aromatic carbocycles. The van der Waals surface area contributed by atoms with Crippen molar-refractivity contribution in [3.63, 3.8) is 0 Å². The Kier molecular flexibility index (Phi) is 10.3. The molecular weight excluding hydrogens is 452 g/mol. The molecule has 0 saturated carbocycles. The van der Waals surface area contributed by atoms with Crippen LogP contribution in [0, 0.1) is 6.92 Å². The molecule has 34 heavy (non-hydrogen) atoms. The van der Waals surface area contributed by atoms with E-state index in [0.29, 0.717) is 28.4 Å². The molecule has 178 valence electrons. The highest BCUT2D eigenvalue weighted by Gasteiger charge is 2.17. The molecule has 6 nitrogen and oxygen atoms in total. The van der Waals surface area contributed by atoms with Crippen molar-refractivity contribution in [1.29, 1.82) is 0 Å². The highest BCUT2D eigenvalue weighted by Crippen LogP contribution is 2.22. The summed E-state index contributed by atoms with van der Waals surface area (Å²) in [6, 6.07) is 15.8. The van der Waals surface area contributed by atoms with Crippen LogP contribution in [0.2, 0.25) is 5.02 Å². The Hall–Kier alpha value is -3.64. The molecule has 0 atom stereocenters. The van der Waals surface area contributed by atoms with Gasteiger partial charge in [0.2, 0.25) is 5.78 Å². The summed E-state index contributed by atoms with van der Waals surface area (Å²) in [5.74, 6) is -1.72. The number of nitrogens with zero attached hydrogens (tertiary/aromatic N) is 1. The maximum atomic E-state index is 12.9. The molecule has 0 aliphatic rings. The van der Waals surface area contributed by atoms with Crippen LogP contribution < -0.4 is 5.32 Å². The van der Waals surface area contributed by atoms with Crippen molar-refractivity contribution < 1.29 is 19.5 Å². The van der Waals surface area contributed by atoms with E-state index in [1.165, 1.54) is 6.42 Å². The zero-order chi connectivity index (χ0) is 25.1. The molecule has 0 saturated heterocycles. The molecule has 1 heterocycles. The number of carbonyl (C=O) groups is 3. The smallest absolute Gasteiger partial charge is 0.322 e. The first-order chi connectivity index (χ1) is 16.3. The standard InChI is InChI=1S/C24H21ClN2O4.C3H8/c1-16-7-9-18(10-8-16)23(30)22-20(25)11-13-27(22)12-3-5-17-4-2-6-19(14-17)24(31)26-15-21(28)29;1-3-2/h2-11,13-14H,12,15H2,1H3,(H,26,31)(H,28,29);3H2,1-2H3/b5-3+;. The SMILES string of the molecule is CCC.Cc1ccc(C(=O)c2c(Cl)ccn2C/C=C/c2cccc(C(=O)NCC(=O)O)c2)cc1. The number of carboxylic acid groups (broad SMARTS) is 1. The fraction of sp³-hybridized carbons (Fsp3) is 0.222. The number of aliphatic carboxylic acids is 1. The van der Waals surface area contributed by atoms with E-state index in [-0.39, 0.29) is 5.78 Å². The molecule has 0 aliphatic carbocycles. The minimum atomic E-state index is -1.11. The summed E-state index contributed by atoms with van der Waals surface area (Å²) in [5.41, 5.74) is 3.18. The van der Waals surface area contributed by atoms with E-state index in [2.05, 4.69) is 19.2 Å². The molecule has 0 unspecified atom stereocenters. The molecule has 0 radical (unpaired) electrons. The van der Waals surface area contributed by atoms with Crippen molar-refractivity contribution >= 4 is 35.3 Å². The quantitative estimate of drug-likeness (QED) is 0.409. The van der Waals surface area contributed by atoms with Gasteiger partial charge in [-0.05, 0) is 30.7 Å². The van der Waals surface area contributed by atoms with Crippen molar-refractivity contribution in [3.05, 3.63) is 99.8 Å². The Morgan fingerprint density at radius 1 is 1.03 bits per heavy atom. The largest absolute Gasteiger partial charge is 0.480 e. The van der Waals surface area contributed by atoms with Crippen molar-refractivity contribution in [2.24, 2.45) is 0 Å². The third-order valence-electron chi connectivity index (χ3n) is 4.60. The van der Waals surface area contributed by atoms with E-state index in [9.17, 15) is 14.4 Å². The van der Waals surface area contributed by atoms with Gasteiger partial charge < -0.3 is 15.0 Å². The van der Waals surface area contributed by atoms with E-state index in [1.54, 1.807) is 47.2 Å². The van der Waals surface area contributed by atoms with Gasteiger partial charge in [-0.15, -0.1) is 0 Å². The summed E-state index contributed by atoms with van der Waals surface area (Å²) in [6.07, 6.45) is 6.68. The third kappa shape index (κ3) is 7.74. The van der Waals surface area contributed by atoms with Crippen molar-refractivity contribution in [2.75, 3.05) is 6.54 Å². The number of ketones is 1. The number of aryl methyl sites for hydroxylation is 1. The normalized spacial score (nSPS) is 10.5. The first-order valence-electron chi connectivity index (χ1n) is 11.0.